The molecule has 1 aromatic heterocycles. The van der Waals surface area contributed by atoms with Gasteiger partial charge in [-0.3, -0.25) is 4.79 Å². The molecule has 8 heteroatoms. The predicted molar refractivity (Wildman–Crippen MR) is 127 cm³/mol. The summed E-state index contributed by atoms with van der Waals surface area (Å²) in [6.07, 6.45) is 3.73. The van der Waals surface area contributed by atoms with E-state index >= 15 is 0 Å². The van der Waals surface area contributed by atoms with Crippen molar-refractivity contribution < 1.29 is 23.8 Å². The Bertz CT molecular complexity index is 1240. The summed E-state index contributed by atoms with van der Waals surface area (Å²) in [6, 6.07) is 9.84. The molecule has 1 heterocycles. The Labute approximate surface area is 195 Å². The molecule has 0 radical (unpaired) electrons. The molecule has 2 aromatic carbocycles. The standard InChI is InChI=1S/C25H23FN2O4S/c1-14-19(8-15-9-22(31-2)25(30)23(10-15)32-3)18-5-4-16(26)11-21(18)20(14)12-24(29)27-13-17-6-7-28-33-17/h4-11,30H,12-13H2,1-3H3,(H,27,29)/b19-8-. The molecule has 0 atom stereocenters. The minimum Gasteiger partial charge on any atom is -0.502 e. The number of hydrogen-bond donors (Lipinski definition) is 2. The second-order valence-electron chi connectivity index (χ2n) is 7.56. The number of rotatable bonds is 7. The molecule has 0 aliphatic heterocycles. The van der Waals surface area contributed by atoms with E-state index in [1.165, 1.54) is 37.9 Å². The molecule has 0 bridgehead atoms. The van der Waals surface area contributed by atoms with E-state index < -0.39 is 0 Å². The lowest BCUT2D eigenvalue weighted by Gasteiger charge is -2.11. The van der Waals surface area contributed by atoms with Crippen LogP contribution >= 0.6 is 11.5 Å². The zero-order valence-corrected chi connectivity index (χ0v) is 19.3. The molecule has 0 saturated carbocycles. The fourth-order valence-corrected chi connectivity index (χ4v) is 4.40. The average molecular weight is 467 g/mol. The van der Waals surface area contributed by atoms with Gasteiger partial charge in [0.15, 0.2) is 11.5 Å². The molecule has 1 aliphatic carbocycles. The van der Waals surface area contributed by atoms with Crippen LogP contribution in [0.15, 0.2) is 48.2 Å². The number of carbonyl (C=O) groups is 1. The van der Waals surface area contributed by atoms with Crippen LogP contribution < -0.4 is 14.8 Å². The highest BCUT2D eigenvalue weighted by Crippen LogP contribution is 2.45. The Morgan fingerprint density at radius 3 is 2.52 bits per heavy atom. The maximum atomic E-state index is 14.1. The van der Waals surface area contributed by atoms with Crippen molar-refractivity contribution in [2.45, 2.75) is 19.9 Å². The van der Waals surface area contributed by atoms with Crippen LogP contribution in [0.1, 0.15) is 34.9 Å². The SMILES string of the molecule is COc1cc(/C=C2/C(C)=C(CC(=O)NCc3ccns3)c3cc(F)ccc32)cc(OC)c1O. The molecule has 2 N–H and O–H groups in total. The number of aromatic nitrogens is 1. The van der Waals surface area contributed by atoms with Crippen molar-refractivity contribution in [3.63, 3.8) is 0 Å². The highest BCUT2D eigenvalue weighted by molar-refractivity contribution is 7.05. The predicted octanol–water partition coefficient (Wildman–Crippen LogP) is 5.04. The second kappa shape index (κ2) is 9.46. The quantitative estimate of drug-likeness (QED) is 0.510. The third-order valence-electron chi connectivity index (χ3n) is 5.56. The lowest BCUT2D eigenvalue weighted by molar-refractivity contribution is -0.120. The number of benzene rings is 2. The van der Waals surface area contributed by atoms with Crippen molar-refractivity contribution in [1.82, 2.24) is 9.69 Å². The maximum absolute atomic E-state index is 14.1. The van der Waals surface area contributed by atoms with Crippen LogP contribution in [0.5, 0.6) is 17.2 Å². The third-order valence-corrected chi connectivity index (χ3v) is 6.30. The van der Waals surface area contributed by atoms with Crippen molar-refractivity contribution in [2.24, 2.45) is 0 Å². The minimum atomic E-state index is -0.363. The number of nitrogens with one attached hydrogen (secondary N) is 1. The summed E-state index contributed by atoms with van der Waals surface area (Å²) < 4.78 is 28.7. The highest BCUT2D eigenvalue weighted by atomic mass is 32.1. The summed E-state index contributed by atoms with van der Waals surface area (Å²) in [5, 5.41) is 13.1. The van der Waals surface area contributed by atoms with Gasteiger partial charge in [0, 0.05) is 11.1 Å². The monoisotopic (exact) mass is 466 g/mol. The first kappa shape index (κ1) is 22.5. The van der Waals surface area contributed by atoms with E-state index in [9.17, 15) is 14.3 Å². The largest absolute Gasteiger partial charge is 0.502 e. The summed E-state index contributed by atoms with van der Waals surface area (Å²) in [4.78, 5) is 13.6. The van der Waals surface area contributed by atoms with Crippen LogP contribution in [-0.2, 0) is 11.3 Å². The first-order chi connectivity index (χ1) is 15.9. The summed E-state index contributed by atoms with van der Waals surface area (Å²) in [6.45, 7) is 2.33. The van der Waals surface area contributed by atoms with Gasteiger partial charge in [-0.05, 0) is 88.3 Å². The Kier molecular flexibility index (Phi) is 6.46. The molecule has 1 aliphatic rings. The molecule has 0 unspecified atom stereocenters. The molecule has 33 heavy (non-hydrogen) atoms. The number of phenolic OH excluding ortho intramolecular Hbond substituents is 1. The van der Waals surface area contributed by atoms with Crippen LogP contribution in [0.3, 0.4) is 0 Å². The maximum Gasteiger partial charge on any atom is 0.224 e. The Hall–Kier alpha value is -3.65. The summed E-state index contributed by atoms with van der Waals surface area (Å²) in [5.41, 5.74) is 4.80. The lowest BCUT2D eigenvalue weighted by atomic mass is 10.00. The van der Waals surface area contributed by atoms with Crippen LogP contribution in [-0.4, -0.2) is 29.6 Å². The van der Waals surface area contributed by atoms with Crippen LogP contribution in [0.2, 0.25) is 0 Å². The van der Waals surface area contributed by atoms with E-state index in [4.69, 9.17) is 9.47 Å². The van der Waals surface area contributed by atoms with Gasteiger partial charge in [0.2, 0.25) is 11.7 Å². The summed E-state index contributed by atoms with van der Waals surface area (Å²) >= 11 is 1.33. The molecule has 170 valence electrons. The van der Waals surface area contributed by atoms with Gasteiger partial charge in [-0.25, -0.2) is 8.76 Å². The molecule has 1 amide bonds. The summed E-state index contributed by atoms with van der Waals surface area (Å²) in [7, 11) is 2.93. The van der Waals surface area contributed by atoms with E-state index in [1.807, 2.05) is 19.1 Å². The number of methoxy groups -OCH3 is 2. The third kappa shape index (κ3) is 4.61. The van der Waals surface area contributed by atoms with Crippen molar-refractivity contribution in [1.29, 1.82) is 0 Å². The molecule has 6 nitrogen and oxygen atoms in total. The van der Waals surface area contributed by atoms with Crippen molar-refractivity contribution in [3.8, 4) is 17.2 Å². The zero-order valence-electron chi connectivity index (χ0n) is 18.4. The van der Waals surface area contributed by atoms with E-state index in [0.29, 0.717) is 12.1 Å². The number of amides is 1. The van der Waals surface area contributed by atoms with Gasteiger partial charge in [-0.2, -0.15) is 0 Å². The van der Waals surface area contributed by atoms with Gasteiger partial charge in [0.1, 0.15) is 5.82 Å². The number of phenols is 1. The number of aromatic hydroxyl groups is 1. The number of nitrogens with zero attached hydrogens (tertiary/aromatic N) is 1. The molecule has 3 aromatic rings. The first-order valence-electron chi connectivity index (χ1n) is 10.2. The molecular weight excluding hydrogens is 443 g/mol. The smallest absolute Gasteiger partial charge is 0.224 e. The fraction of sp³-hybridized carbons (Fsp3) is 0.200. The van der Waals surface area contributed by atoms with Gasteiger partial charge < -0.3 is 19.9 Å². The van der Waals surface area contributed by atoms with Gasteiger partial charge in [-0.1, -0.05) is 6.07 Å². The van der Waals surface area contributed by atoms with E-state index in [1.54, 1.807) is 24.4 Å². The normalized spacial score (nSPS) is 13.9. The number of allylic oxidation sites excluding steroid dienone is 2. The van der Waals surface area contributed by atoms with Crippen LogP contribution in [0.4, 0.5) is 4.39 Å². The molecule has 0 fully saturated rings. The first-order valence-corrected chi connectivity index (χ1v) is 11.0. The highest BCUT2D eigenvalue weighted by Gasteiger charge is 2.26. The van der Waals surface area contributed by atoms with Crippen molar-refractivity contribution in [2.75, 3.05) is 14.2 Å². The van der Waals surface area contributed by atoms with E-state index in [-0.39, 0.29) is 35.4 Å². The minimum absolute atomic E-state index is 0.0818. The topological polar surface area (TPSA) is 80.7 Å². The van der Waals surface area contributed by atoms with E-state index in [2.05, 4.69) is 9.69 Å². The van der Waals surface area contributed by atoms with Crippen molar-refractivity contribution >= 4 is 34.7 Å². The fourth-order valence-electron chi connectivity index (χ4n) is 3.89. The van der Waals surface area contributed by atoms with Gasteiger partial charge in [0.05, 0.1) is 27.2 Å². The Morgan fingerprint density at radius 1 is 1.15 bits per heavy atom. The number of carbonyl (C=O) groups excluding carboxylic acids is 1. The van der Waals surface area contributed by atoms with Crippen molar-refractivity contribution in [3.05, 3.63) is 75.6 Å². The molecule has 0 spiro atoms. The van der Waals surface area contributed by atoms with Crippen LogP contribution in [0.25, 0.3) is 17.2 Å². The van der Waals surface area contributed by atoms with Gasteiger partial charge >= 0.3 is 0 Å². The van der Waals surface area contributed by atoms with Gasteiger partial charge in [-0.15, -0.1) is 0 Å². The molecule has 0 saturated heterocycles. The Balaban J connectivity index is 1.70. The van der Waals surface area contributed by atoms with Gasteiger partial charge in [0.25, 0.3) is 0 Å². The molecular formula is C25H23FN2O4S. The Morgan fingerprint density at radius 2 is 1.88 bits per heavy atom. The molecule has 4 rings (SSSR count). The zero-order chi connectivity index (χ0) is 23.5. The number of fused-ring (bicyclic) bond motifs is 1. The number of ether oxygens (including phenoxy) is 2. The lowest BCUT2D eigenvalue weighted by Crippen LogP contribution is -2.22. The summed E-state index contributed by atoms with van der Waals surface area (Å²) in [5.74, 6) is -0.0345. The second-order valence-corrected chi connectivity index (χ2v) is 8.48. The van der Waals surface area contributed by atoms with E-state index in [0.717, 1.165) is 32.7 Å². The average Bonchev–Trinajstić information content (AvgIpc) is 3.41. The van der Waals surface area contributed by atoms with Crippen LogP contribution in [0, 0.1) is 5.82 Å². The number of halogens is 1. The number of hydrogen-bond acceptors (Lipinski definition) is 6.